The van der Waals surface area contributed by atoms with Crippen molar-refractivity contribution >= 4 is 5.91 Å². The number of likely N-dealkylation sites (tertiary alicyclic amines) is 1. The molecule has 2 aliphatic rings. The standard InChI is InChI=1S/C12H22N2O2/c1-10(11-5-4-8-16-11)13-9-12(15)14-6-2-3-7-14/h10-11,13H,2-9H2,1H3. The highest BCUT2D eigenvalue weighted by molar-refractivity contribution is 5.78. The van der Waals surface area contributed by atoms with Crippen molar-refractivity contribution in [2.24, 2.45) is 0 Å². The fourth-order valence-corrected chi connectivity index (χ4v) is 2.45. The summed E-state index contributed by atoms with van der Waals surface area (Å²) in [6.07, 6.45) is 4.88. The number of hydrogen-bond donors (Lipinski definition) is 1. The Morgan fingerprint density at radius 3 is 2.81 bits per heavy atom. The van der Waals surface area contributed by atoms with E-state index in [1.165, 1.54) is 0 Å². The molecule has 0 bridgehead atoms. The lowest BCUT2D eigenvalue weighted by Gasteiger charge is -2.22. The molecular weight excluding hydrogens is 204 g/mol. The highest BCUT2D eigenvalue weighted by Gasteiger charge is 2.23. The number of rotatable bonds is 4. The second-order valence-electron chi connectivity index (χ2n) is 4.81. The van der Waals surface area contributed by atoms with Crippen LogP contribution in [0, 0.1) is 0 Å². The normalized spacial score (nSPS) is 27.3. The number of amides is 1. The van der Waals surface area contributed by atoms with Gasteiger partial charge in [-0.1, -0.05) is 0 Å². The van der Waals surface area contributed by atoms with E-state index in [0.717, 1.165) is 45.4 Å². The van der Waals surface area contributed by atoms with Crippen molar-refractivity contribution in [3.8, 4) is 0 Å². The van der Waals surface area contributed by atoms with Crippen molar-refractivity contribution in [2.45, 2.75) is 44.8 Å². The molecule has 4 nitrogen and oxygen atoms in total. The third-order valence-corrected chi connectivity index (χ3v) is 3.56. The monoisotopic (exact) mass is 226 g/mol. The Morgan fingerprint density at radius 2 is 2.19 bits per heavy atom. The molecule has 92 valence electrons. The van der Waals surface area contributed by atoms with E-state index in [1.54, 1.807) is 0 Å². The summed E-state index contributed by atoms with van der Waals surface area (Å²) in [4.78, 5) is 13.7. The molecule has 2 rings (SSSR count). The summed E-state index contributed by atoms with van der Waals surface area (Å²) in [5.74, 6) is 0.238. The number of ether oxygens (including phenoxy) is 1. The first-order chi connectivity index (χ1) is 7.77. The Labute approximate surface area is 97.3 Å². The number of hydrogen-bond acceptors (Lipinski definition) is 3. The SMILES string of the molecule is CC(NCC(=O)N1CCCC1)C1CCCO1. The minimum absolute atomic E-state index is 0.238. The zero-order valence-electron chi connectivity index (χ0n) is 10.1. The molecule has 0 spiro atoms. The van der Waals surface area contributed by atoms with Crippen LogP contribution in [0.15, 0.2) is 0 Å². The first-order valence-electron chi connectivity index (χ1n) is 6.40. The topological polar surface area (TPSA) is 41.6 Å². The average Bonchev–Trinajstić information content (AvgIpc) is 2.95. The minimum Gasteiger partial charge on any atom is -0.377 e. The van der Waals surface area contributed by atoms with Gasteiger partial charge in [0.25, 0.3) is 0 Å². The predicted molar refractivity (Wildman–Crippen MR) is 62.3 cm³/mol. The lowest BCUT2D eigenvalue weighted by atomic mass is 10.1. The molecule has 1 N–H and O–H groups in total. The molecule has 2 saturated heterocycles. The molecule has 2 aliphatic heterocycles. The highest BCUT2D eigenvalue weighted by atomic mass is 16.5. The van der Waals surface area contributed by atoms with Crippen LogP contribution in [0.1, 0.15) is 32.6 Å². The van der Waals surface area contributed by atoms with Crippen LogP contribution in [0.3, 0.4) is 0 Å². The fraction of sp³-hybridized carbons (Fsp3) is 0.917. The van der Waals surface area contributed by atoms with Gasteiger partial charge < -0.3 is 15.0 Å². The van der Waals surface area contributed by atoms with Crippen LogP contribution >= 0.6 is 0 Å². The molecule has 2 heterocycles. The lowest BCUT2D eigenvalue weighted by molar-refractivity contribution is -0.129. The van der Waals surface area contributed by atoms with Crippen LogP contribution in [0.25, 0.3) is 0 Å². The van der Waals surface area contributed by atoms with Gasteiger partial charge in [-0.2, -0.15) is 0 Å². The molecule has 0 radical (unpaired) electrons. The molecule has 2 atom stereocenters. The Bertz CT molecular complexity index is 233. The Morgan fingerprint density at radius 1 is 1.44 bits per heavy atom. The first kappa shape index (κ1) is 11.9. The van der Waals surface area contributed by atoms with E-state index < -0.39 is 0 Å². The number of carbonyl (C=O) groups is 1. The summed E-state index contributed by atoms with van der Waals surface area (Å²) in [6, 6.07) is 0.286. The maximum atomic E-state index is 11.8. The van der Waals surface area contributed by atoms with E-state index in [9.17, 15) is 4.79 Å². The van der Waals surface area contributed by atoms with Crippen molar-refractivity contribution in [2.75, 3.05) is 26.2 Å². The molecule has 0 saturated carbocycles. The largest absolute Gasteiger partial charge is 0.377 e. The van der Waals surface area contributed by atoms with E-state index in [4.69, 9.17) is 4.74 Å². The maximum absolute atomic E-state index is 11.8. The van der Waals surface area contributed by atoms with E-state index >= 15 is 0 Å². The molecule has 0 aromatic carbocycles. The third-order valence-electron chi connectivity index (χ3n) is 3.56. The van der Waals surface area contributed by atoms with Crippen LogP contribution in [0.4, 0.5) is 0 Å². The summed E-state index contributed by atoms with van der Waals surface area (Å²) in [5.41, 5.74) is 0. The Balaban J connectivity index is 1.67. The van der Waals surface area contributed by atoms with Crippen molar-refractivity contribution in [3.05, 3.63) is 0 Å². The van der Waals surface area contributed by atoms with Gasteiger partial charge in [-0.25, -0.2) is 0 Å². The van der Waals surface area contributed by atoms with Crippen LogP contribution in [0.2, 0.25) is 0 Å². The molecule has 2 unspecified atom stereocenters. The summed E-state index contributed by atoms with van der Waals surface area (Å²) < 4.78 is 5.59. The van der Waals surface area contributed by atoms with E-state index in [-0.39, 0.29) is 11.9 Å². The zero-order chi connectivity index (χ0) is 11.4. The van der Waals surface area contributed by atoms with Crippen molar-refractivity contribution in [1.82, 2.24) is 10.2 Å². The summed E-state index contributed by atoms with van der Waals surface area (Å²) in [5, 5.41) is 3.28. The second kappa shape index (κ2) is 5.64. The molecular formula is C12H22N2O2. The second-order valence-corrected chi connectivity index (χ2v) is 4.81. The van der Waals surface area contributed by atoms with Gasteiger partial charge in [-0.05, 0) is 32.6 Å². The van der Waals surface area contributed by atoms with E-state index in [1.807, 2.05) is 4.90 Å². The van der Waals surface area contributed by atoms with Gasteiger partial charge in [0.15, 0.2) is 0 Å². The van der Waals surface area contributed by atoms with Crippen LogP contribution in [-0.2, 0) is 9.53 Å². The van der Waals surface area contributed by atoms with Crippen molar-refractivity contribution in [3.63, 3.8) is 0 Å². The summed E-state index contributed by atoms with van der Waals surface area (Å²) in [6.45, 7) is 5.31. The smallest absolute Gasteiger partial charge is 0.236 e. The summed E-state index contributed by atoms with van der Waals surface area (Å²) in [7, 11) is 0. The minimum atomic E-state index is 0.238. The van der Waals surface area contributed by atoms with Gasteiger partial charge in [0.2, 0.25) is 5.91 Å². The van der Waals surface area contributed by atoms with Gasteiger partial charge in [0.1, 0.15) is 0 Å². The predicted octanol–water partition coefficient (Wildman–Crippen LogP) is 0.766. The maximum Gasteiger partial charge on any atom is 0.236 e. The van der Waals surface area contributed by atoms with Gasteiger partial charge in [0.05, 0.1) is 12.6 Å². The van der Waals surface area contributed by atoms with Crippen LogP contribution < -0.4 is 5.32 Å². The summed E-state index contributed by atoms with van der Waals surface area (Å²) >= 11 is 0. The molecule has 0 aliphatic carbocycles. The lowest BCUT2D eigenvalue weighted by Crippen LogP contribution is -2.43. The Kier molecular flexibility index (Phi) is 4.18. The number of nitrogens with one attached hydrogen (secondary N) is 1. The van der Waals surface area contributed by atoms with Crippen molar-refractivity contribution in [1.29, 1.82) is 0 Å². The third kappa shape index (κ3) is 2.95. The zero-order valence-corrected chi connectivity index (χ0v) is 10.1. The molecule has 16 heavy (non-hydrogen) atoms. The van der Waals surface area contributed by atoms with Gasteiger partial charge in [-0.15, -0.1) is 0 Å². The van der Waals surface area contributed by atoms with Gasteiger partial charge in [-0.3, -0.25) is 4.79 Å². The average molecular weight is 226 g/mol. The molecule has 0 aromatic heterocycles. The molecule has 0 aromatic rings. The van der Waals surface area contributed by atoms with Gasteiger partial charge in [0, 0.05) is 25.7 Å². The van der Waals surface area contributed by atoms with Crippen molar-refractivity contribution < 1.29 is 9.53 Å². The fourth-order valence-electron chi connectivity index (χ4n) is 2.45. The number of carbonyl (C=O) groups excluding carboxylic acids is 1. The quantitative estimate of drug-likeness (QED) is 0.769. The van der Waals surface area contributed by atoms with Crippen LogP contribution in [0.5, 0.6) is 0 Å². The first-order valence-corrected chi connectivity index (χ1v) is 6.40. The van der Waals surface area contributed by atoms with E-state index in [0.29, 0.717) is 12.6 Å². The van der Waals surface area contributed by atoms with Crippen LogP contribution in [-0.4, -0.2) is 49.2 Å². The molecule has 4 heteroatoms. The Hall–Kier alpha value is -0.610. The molecule has 2 fully saturated rings. The number of nitrogens with zero attached hydrogens (tertiary/aromatic N) is 1. The molecule has 1 amide bonds. The van der Waals surface area contributed by atoms with E-state index in [2.05, 4.69) is 12.2 Å². The van der Waals surface area contributed by atoms with Gasteiger partial charge >= 0.3 is 0 Å². The highest BCUT2D eigenvalue weighted by Crippen LogP contribution is 2.15.